The molecule has 12 heavy (non-hydrogen) atoms. The second-order valence-electron chi connectivity index (χ2n) is 2.82. The number of aromatic nitrogens is 2. The van der Waals surface area contributed by atoms with Gasteiger partial charge >= 0.3 is 5.92 Å². The van der Waals surface area contributed by atoms with Crippen LogP contribution in [0.25, 0.3) is 0 Å². The van der Waals surface area contributed by atoms with Gasteiger partial charge in [-0.2, -0.15) is 8.78 Å². The number of rotatable bonds is 0. The second-order valence-corrected chi connectivity index (χ2v) is 2.82. The Hall–Kier alpha value is -1.20. The first-order valence-electron chi connectivity index (χ1n) is 3.52. The summed E-state index contributed by atoms with van der Waals surface area (Å²) in [5.41, 5.74) is 0.237. The predicted molar refractivity (Wildman–Crippen MR) is 29.4 cm³/mol. The molecule has 0 bridgehead atoms. The van der Waals surface area contributed by atoms with Gasteiger partial charge in [-0.05, 0) is 0 Å². The number of hydrogen-bond donors (Lipinski definition) is 0. The minimum atomic E-state index is -2.76. The van der Waals surface area contributed by atoms with Gasteiger partial charge in [0.05, 0.1) is 5.27 Å². The number of nitrogens with zero attached hydrogens (tertiary/aromatic N) is 2. The van der Waals surface area contributed by atoms with Crippen molar-refractivity contribution in [3.63, 3.8) is 0 Å². The van der Waals surface area contributed by atoms with E-state index in [0.29, 0.717) is 0 Å². The van der Waals surface area contributed by atoms with Crippen LogP contribution < -0.4 is 9.79 Å². The lowest BCUT2D eigenvalue weighted by Gasteiger charge is -2.14. The average molecular weight is 176 g/mol. The molecule has 66 valence electrons. The summed E-state index contributed by atoms with van der Waals surface area (Å²) >= 11 is 0. The summed E-state index contributed by atoms with van der Waals surface area (Å²) in [5.74, 6) is -3.37. The molecule has 1 aliphatic rings. The fourth-order valence-electron chi connectivity index (χ4n) is 1.25. The first kappa shape index (κ1) is 7.45. The quantitative estimate of drug-likeness (QED) is 0.506. The summed E-state index contributed by atoms with van der Waals surface area (Å²) in [4.78, 5) is 0. The van der Waals surface area contributed by atoms with E-state index in [2.05, 4.69) is 9.79 Å². The molecule has 0 saturated carbocycles. The summed E-state index contributed by atoms with van der Waals surface area (Å²) < 4.78 is 30.5. The summed E-state index contributed by atoms with van der Waals surface area (Å²) in [6, 6.07) is 0. The Morgan fingerprint density at radius 3 is 3.08 bits per heavy atom. The van der Waals surface area contributed by atoms with E-state index in [-0.39, 0.29) is 18.5 Å². The first-order valence-corrected chi connectivity index (χ1v) is 3.52. The molecule has 0 aromatic carbocycles. The minimum absolute atomic E-state index is 0.0370. The Bertz CT molecular complexity index is 310. The van der Waals surface area contributed by atoms with Crippen LogP contribution in [-0.2, 0) is 13.0 Å². The smallest absolute Gasteiger partial charge is 0.308 e. The van der Waals surface area contributed by atoms with Gasteiger partial charge in [-0.15, -0.1) is 0 Å². The zero-order valence-electron chi connectivity index (χ0n) is 6.09. The van der Waals surface area contributed by atoms with Crippen molar-refractivity contribution < 1.29 is 23.1 Å². The molecule has 4 nitrogen and oxygen atoms in total. The highest BCUT2D eigenvalue weighted by atomic mass is 19.3. The lowest BCUT2D eigenvalue weighted by molar-refractivity contribution is -0.786. The number of halogens is 2. The van der Waals surface area contributed by atoms with Crippen molar-refractivity contribution in [1.29, 1.82) is 0 Å². The molecule has 0 fully saturated rings. The van der Waals surface area contributed by atoms with Crippen LogP contribution in [0, 0.1) is 0 Å². The molecular formula is C6H6F2N2O2. The van der Waals surface area contributed by atoms with Crippen LogP contribution in [0.15, 0.2) is 4.52 Å². The highest BCUT2D eigenvalue weighted by Gasteiger charge is 2.42. The third-order valence-electron chi connectivity index (χ3n) is 1.88. The molecule has 2 rings (SSSR count). The third kappa shape index (κ3) is 1.03. The van der Waals surface area contributed by atoms with Gasteiger partial charge in [0.25, 0.3) is 0 Å². The Kier molecular flexibility index (Phi) is 1.33. The van der Waals surface area contributed by atoms with Gasteiger partial charge in [0.1, 0.15) is 0 Å². The summed E-state index contributed by atoms with van der Waals surface area (Å²) in [7, 11) is 0. The van der Waals surface area contributed by atoms with Gasteiger partial charge in [-0.3, -0.25) is 0 Å². The van der Waals surface area contributed by atoms with Crippen LogP contribution in [0.2, 0.25) is 0 Å². The molecule has 0 unspecified atom stereocenters. The SMILES string of the molecule is [O-]c1on[n+]2c1CCC(F)(F)C2. The molecular weight excluding hydrogens is 170 g/mol. The molecule has 0 atom stereocenters. The molecule has 1 aliphatic heterocycles. The molecule has 0 spiro atoms. The van der Waals surface area contributed by atoms with Gasteiger partial charge in [0.2, 0.25) is 12.2 Å². The summed E-state index contributed by atoms with van der Waals surface area (Å²) in [5, 5.41) is 14.0. The van der Waals surface area contributed by atoms with E-state index < -0.39 is 18.4 Å². The number of alkyl halides is 2. The lowest BCUT2D eigenvalue weighted by atomic mass is 10.1. The van der Waals surface area contributed by atoms with Crippen LogP contribution in [0.5, 0.6) is 5.95 Å². The van der Waals surface area contributed by atoms with Crippen molar-refractivity contribution in [2.45, 2.75) is 25.3 Å². The van der Waals surface area contributed by atoms with Crippen molar-refractivity contribution >= 4 is 0 Å². The molecule has 6 heteroatoms. The zero-order valence-corrected chi connectivity index (χ0v) is 6.09. The van der Waals surface area contributed by atoms with Crippen LogP contribution >= 0.6 is 0 Å². The van der Waals surface area contributed by atoms with Gasteiger partial charge in [-0.1, -0.05) is 4.68 Å². The van der Waals surface area contributed by atoms with E-state index in [4.69, 9.17) is 0 Å². The Morgan fingerprint density at radius 1 is 1.58 bits per heavy atom. The van der Waals surface area contributed by atoms with Crippen molar-refractivity contribution in [3.05, 3.63) is 5.69 Å². The molecule has 1 aromatic rings. The van der Waals surface area contributed by atoms with Crippen molar-refractivity contribution in [3.8, 4) is 5.95 Å². The van der Waals surface area contributed by atoms with Gasteiger partial charge in [0, 0.05) is 12.8 Å². The maximum absolute atomic E-state index is 12.7. The molecule has 1 aromatic heterocycles. The molecule has 0 saturated heterocycles. The van der Waals surface area contributed by atoms with Crippen molar-refractivity contribution in [2.24, 2.45) is 0 Å². The largest absolute Gasteiger partial charge is 0.539 e. The number of hydrogen-bond acceptors (Lipinski definition) is 3. The lowest BCUT2D eigenvalue weighted by Crippen LogP contribution is -2.51. The van der Waals surface area contributed by atoms with E-state index >= 15 is 0 Å². The molecule has 0 radical (unpaired) electrons. The van der Waals surface area contributed by atoms with E-state index in [9.17, 15) is 13.9 Å². The Balaban J connectivity index is 2.37. The minimum Gasteiger partial charge on any atom is -0.539 e. The standard InChI is InChI=1S/C6H6F2N2O2/c7-6(8)2-1-4-5(11)12-9-10(4)3-6/h1-3H2. The van der Waals surface area contributed by atoms with Crippen LogP contribution in [0.4, 0.5) is 8.78 Å². The van der Waals surface area contributed by atoms with E-state index in [0.717, 1.165) is 4.68 Å². The zero-order chi connectivity index (χ0) is 8.77. The molecule has 0 aliphatic carbocycles. The summed E-state index contributed by atoms with van der Waals surface area (Å²) in [6.45, 7) is -0.548. The fourth-order valence-corrected chi connectivity index (χ4v) is 1.25. The molecule has 2 heterocycles. The van der Waals surface area contributed by atoms with Crippen LogP contribution in [0.3, 0.4) is 0 Å². The normalized spacial score (nSPS) is 20.5. The second kappa shape index (κ2) is 2.15. The predicted octanol–water partition coefficient (Wildman–Crippen LogP) is -0.383. The number of fused-ring (bicyclic) bond motifs is 1. The average Bonchev–Trinajstić information content (AvgIpc) is 2.30. The van der Waals surface area contributed by atoms with Crippen LogP contribution in [-0.4, -0.2) is 11.2 Å². The van der Waals surface area contributed by atoms with Gasteiger partial charge < -0.3 is 9.63 Å². The Labute approximate surface area is 66.4 Å². The fraction of sp³-hybridized carbons (Fsp3) is 0.667. The van der Waals surface area contributed by atoms with Gasteiger partial charge in [-0.25, -0.2) is 0 Å². The monoisotopic (exact) mass is 176 g/mol. The van der Waals surface area contributed by atoms with Crippen LogP contribution in [0.1, 0.15) is 12.1 Å². The highest BCUT2D eigenvalue weighted by Crippen LogP contribution is 2.26. The molecule has 0 N–H and O–H groups in total. The molecule has 0 amide bonds. The van der Waals surface area contributed by atoms with E-state index in [1.807, 2.05) is 0 Å². The maximum atomic E-state index is 12.7. The Morgan fingerprint density at radius 2 is 2.33 bits per heavy atom. The van der Waals surface area contributed by atoms with Crippen molar-refractivity contribution in [2.75, 3.05) is 0 Å². The summed E-state index contributed by atoms with van der Waals surface area (Å²) in [6.07, 6.45) is -0.265. The van der Waals surface area contributed by atoms with Crippen molar-refractivity contribution in [1.82, 2.24) is 5.27 Å². The van der Waals surface area contributed by atoms with Gasteiger partial charge in [0.15, 0.2) is 5.95 Å². The maximum Gasteiger partial charge on any atom is 0.308 e. The van der Waals surface area contributed by atoms with E-state index in [1.54, 1.807) is 0 Å². The highest BCUT2D eigenvalue weighted by molar-refractivity contribution is 5.04. The topological polar surface area (TPSA) is 53.0 Å². The first-order chi connectivity index (χ1) is 5.58. The third-order valence-corrected chi connectivity index (χ3v) is 1.88. The van der Waals surface area contributed by atoms with E-state index in [1.165, 1.54) is 0 Å².